The van der Waals surface area contributed by atoms with E-state index in [0.717, 1.165) is 0 Å². The van der Waals surface area contributed by atoms with Crippen LogP contribution in [-0.2, 0) is 4.79 Å². The standard InChI is InChI=1S/C12H24N2O5/c1-12(2,3)9(8-10(17)18)13-11(19)14(4-6-15)5-7-16/h9,15-16H,4-8H2,1-3H3,(H,13,19)(H,17,18). The quantitative estimate of drug-likeness (QED) is 0.518. The molecule has 0 aliphatic heterocycles. The number of nitrogens with one attached hydrogen (secondary N) is 1. The molecule has 4 N–H and O–H groups in total. The smallest absolute Gasteiger partial charge is 0.317 e. The molecular weight excluding hydrogens is 252 g/mol. The van der Waals surface area contributed by atoms with Crippen molar-refractivity contribution in [3.05, 3.63) is 0 Å². The number of hydrogen-bond donors (Lipinski definition) is 4. The lowest BCUT2D eigenvalue weighted by Crippen LogP contribution is -2.51. The number of rotatable bonds is 7. The number of aliphatic carboxylic acids is 1. The zero-order valence-corrected chi connectivity index (χ0v) is 11.7. The van der Waals surface area contributed by atoms with Crippen LogP contribution in [0.2, 0.25) is 0 Å². The van der Waals surface area contributed by atoms with Crippen molar-refractivity contribution in [1.29, 1.82) is 0 Å². The molecule has 0 aromatic heterocycles. The molecule has 0 saturated carbocycles. The molecule has 7 nitrogen and oxygen atoms in total. The molecular formula is C12H24N2O5. The van der Waals surface area contributed by atoms with E-state index >= 15 is 0 Å². The summed E-state index contributed by atoms with van der Waals surface area (Å²) >= 11 is 0. The second-order valence-corrected chi connectivity index (χ2v) is 5.40. The molecule has 0 aliphatic rings. The fourth-order valence-electron chi connectivity index (χ4n) is 1.54. The summed E-state index contributed by atoms with van der Waals surface area (Å²) in [4.78, 5) is 24.0. The second-order valence-electron chi connectivity index (χ2n) is 5.40. The van der Waals surface area contributed by atoms with Gasteiger partial charge in [0, 0.05) is 19.1 Å². The van der Waals surface area contributed by atoms with Crippen LogP contribution >= 0.6 is 0 Å². The van der Waals surface area contributed by atoms with Gasteiger partial charge in [-0.25, -0.2) is 4.79 Å². The SMILES string of the molecule is CC(C)(C)C(CC(=O)O)NC(=O)N(CCO)CCO. The summed E-state index contributed by atoms with van der Waals surface area (Å²) in [7, 11) is 0. The summed E-state index contributed by atoms with van der Waals surface area (Å²) in [6.07, 6.45) is -0.179. The molecule has 2 amide bonds. The molecule has 0 heterocycles. The fourth-order valence-corrected chi connectivity index (χ4v) is 1.54. The maximum atomic E-state index is 12.0. The normalized spacial score (nSPS) is 12.9. The summed E-state index contributed by atoms with van der Waals surface area (Å²) in [6, 6.07) is -1.01. The zero-order valence-electron chi connectivity index (χ0n) is 11.7. The highest BCUT2D eigenvalue weighted by Crippen LogP contribution is 2.22. The fraction of sp³-hybridized carbons (Fsp3) is 0.833. The van der Waals surface area contributed by atoms with Crippen molar-refractivity contribution < 1.29 is 24.9 Å². The van der Waals surface area contributed by atoms with E-state index in [2.05, 4.69) is 5.32 Å². The number of urea groups is 1. The Morgan fingerprint density at radius 1 is 1.16 bits per heavy atom. The minimum absolute atomic E-state index is 0.0936. The third-order valence-electron chi connectivity index (χ3n) is 2.75. The minimum Gasteiger partial charge on any atom is -0.481 e. The molecule has 1 unspecified atom stereocenters. The molecule has 0 rings (SSSR count). The van der Waals surface area contributed by atoms with Crippen LogP contribution in [-0.4, -0.2) is 64.6 Å². The van der Waals surface area contributed by atoms with Gasteiger partial charge in [-0.1, -0.05) is 20.8 Å². The maximum absolute atomic E-state index is 12.0. The monoisotopic (exact) mass is 276 g/mol. The van der Waals surface area contributed by atoms with Gasteiger partial charge in [0.1, 0.15) is 0 Å². The summed E-state index contributed by atoms with van der Waals surface area (Å²) in [6.45, 7) is 5.27. The molecule has 0 bridgehead atoms. The first-order valence-corrected chi connectivity index (χ1v) is 6.21. The number of nitrogens with zero attached hydrogens (tertiary/aromatic N) is 1. The number of amides is 2. The number of carboxylic acid groups (broad SMARTS) is 1. The highest BCUT2D eigenvalue weighted by atomic mass is 16.4. The highest BCUT2D eigenvalue weighted by molar-refractivity contribution is 5.76. The molecule has 112 valence electrons. The number of aliphatic hydroxyl groups excluding tert-OH is 2. The minimum atomic E-state index is -0.990. The van der Waals surface area contributed by atoms with Crippen LogP contribution in [0.3, 0.4) is 0 Å². The Balaban J connectivity index is 4.72. The van der Waals surface area contributed by atoms with Crippen LogP contribution in [0.1, 0.15) is 27.2 Å². The first-order valence-electron chi connectivity index (χ1n) is 6.21. The largest absolute Gasteiger partial charge is 0.481 e. The van der Waals surface area contributed by atoms with E-state index in [4.69, 9.17) is 15.3 Å². The molecule has 0 radical (unpaired) electrons. The lowest BCUT2D eigenvalue weighted by atomic mass is 9.85. The van der Waals surface area contributed by atoms with Gasteiger partial charge in [-0.3, -0.25) is 4.79 Å². The lowest BCUT2D eigenvalue weighted by Gasteiger charge is -2.32. The van der Waals surface area contributed by atoms with Gasteiger partial charge >= 0.3 is 12.0 Å². The number of carboxylic acids is 1. The first-order chi connectivity index (χ1) is 8.72. The van der Waals surface area contributed by atoms with Gasteiger partial charge in [0.25, 0.3) is 0 Å². The topological polar surface area (TPSA) is 110 Å². The van der Waals surface area contributed by atoms with E-state index in [9.17, 15) is 9.59 Å². The van der Waals surface area contributed by atoms with Gasteiger partial charge < -0.3 is 25.5 Å². The van der Waals surface area contributed by atoms with Crippen molar-refractivity contribution in [3.8, 4) is 0 Å². The molecule has 0 spiro atoms. The molecule has 0 fully saturated rings. The number of carbonyl (C=O) groups excluding carboxylic acids is 1. The Hall–Kier alpha value is -1.34. The van der Waals surface area contributed by atoms with Gasteiger partial charge in [-0.05, 0) is 5.41 Å². The third kappa shape index (κ3) is 6.97. The molecule has 19 heavy (non-hydrogen) atoms. The van der Waals surface area contributed by atoms with Crippen LogP contribution in [0.5, 0.6) is 0 Å². The predicted octanol–water partition coefficient (Wildman–Crippen LogP) is -0.128. The van der Waals surface area contributed by atoms with Gasteiger partial charge in [0.05, 0.1) is 19.6 Å². The van der Waals surface area contributed by atoms with Crippen molar-refractivity contribution >= 4 is 12.0 Å². The summed E-state index contributed by atoms with van der Waals surface area (Å²) in [5, 5.41) is 29.2. The Bertz CT molecular complexity index is 295. The Labute approximate surface area is 113 Å². The lowest BCUT2D eigenvalue weighted by molar-refractivity contribution is -0.138. The maximum Gasteiger partial charge on any atom is 0.317 e. The van der Waals surface area contributed by atoms with Crippen LogP contribution in [0, 0.1) is 5.41 Å². The van der Waals surface area contributed by atoms with E-state index in [-0.39, 0.29) is 32.7 Å². The molecule has 0 aromatic carbocycles. The van der Waals surface area contributed by atoms with E-state index in [1.807, 2.05) is 20.8 Å². The zero-order chi connectivity index (χ0) is 15.1. The van der Waals surface area contributed by atoms with Gasteiger partial charge in [0.15, 0.2) is 0 Å². The summed E-state index contributed by atoms with van der Waals surface area (Å²) < 4.78 is 0. The highest BCUT2D eigenvalue weighted by Gasteiger charge is 2.29. The van der Waals surface area contributed by atoms with Gasteiger partial charge in [0.2, 0.25) is 0 Å². The van der Waals surface area contributed by atoms with Crippen LogP contribution < -0.4 is 5.32 Å². The Morgan fingerprint density at radius 2 is 1.63 bits per heavy atom. The molecule has 0 aromatic rings. The van der Waals surface area contributed by atoms with E-state index in [1.165, 1.54) is 4.90 Å². The summed E-state index contributed by atoms with van der Waals surface area (Å²) in [5.41, 5.74) is -0.405. The van der Waals surface area contributed by atoms with Crippen LogP contribution in [0.4, 0.5) is 4.79 Å². The number of carbonyl (C=O) groups is 2. The van der Waals surface area contributed by atoms with Crippen LogP contribution in [0.15, 0.2) is 0 Å². The molecule has 1 atom stereocenters. The molecule has 0 saturated heterocycles. The Morgan fingerprint density at radius 3 is 1.95 bits per heavy atom. The number of hydrogen-bond acceptors (Lipinski definition) is 4. The van der Waals surface area contributed by atoms with Crippen molar-refractivity contribution in [3.63, 3.8) is 0 Å². The van der Waals surface area contributed by atoms with E-state index < -0.39 is 23.5 Å². The van der Waals surface area contributed by atoms with E-state index in [1.54, 1.807) is 0 Å². The van der Waals surface area contributed by atoms with Crippen molar-refractivity contribution in [1.82, 2.24) is 10.2 Å². The third-order valence-corrected chi connectivity index (χ3v) is 2.75. The second kappa shape index (κ2) is 7.96. The van der Waals surface area contributed by atoms with Crippen LogP contribution in [0.25, 0.3) is 0 Å². The molecule has 7 heteroatoms. The average molecular weight is 276 g/mol. The van der Waals surface area contributed by atoms with E-state index in [0.29, 0.717) is 0 Å². The van der Waals surface area contributed by atoms with Gasteiger partial charge in [-0.15, -0.1) is 0 Å². The molecule has 0 aliphatic carbocycles. The van der Waals surface area contributed by atoms with Crippen molar-refractivity contribution in [2.45, 2.75) is 33.2 Å². The predicted molar refractivity (Wildman–Crippen MR) is 69.8 cm³/mol. The van der Waals surface area contributed by atoms with Crippen molar-refractivity contribution in [2.24, 2.45) is 5.41 Å². The Kier molecular flexibility index (Phi) is 7.40. The number of aliphatic hydroxyl groups is 2. The first kappa shape index (κ1) is 17.7. The van der Waals surface area contributed by atoms with Crippen molar-refractivity contribution in [2.75, 3.05) is 26.3 Å². The van der Waals surface area contributed by atoms with Gasteiger partial charge in [-0.2, -0.15) is 0 Å². The summed E-state index contributed by atoms with van der Waals surface area (Å²) in [5.74, 6) is -0.990. The average Bonchev–Trinajstić information content (AvgIpc) is 2.26.